The monoisotopic (exact) mass is 387 g/mol. The average Bonchev–Trinajstić information content (AvgIpc) is 3.00. The number of aliphatic carboxylic acids is 1. The highest BCUT2D eigenvalue weighted by Crippen LogP contribution is 2.66. The van der Waals surface area contributed by atoms with Gasteiger partial charge in [-0.3, -0.25) is 9.59 Å². The fourth-order valence-electron chi connectivity index (χ4n) is 8.17. The molecule has 0 saturated heterocycles. The number of ketones is 2. The van der Waals surface area contributed by atoms with Crippen molar-refractivity contribution in [2.75, 3.05) is 0 Å². The molecule has 4 nitrogen and oxygen atoms in total. The third-order valence-electron chi connectivity index (χ3n) is 9.81. The van der Waals surface area contributed by atoms with E-state index >= 15 is 0 Å². The number of hydrogen-bond donors (Lipinski definition) is 0. The summed E-state index contributed by atoms with van der Waals surface area (Å²) in [5.41, 5.74) is -0.313. The number of hydrogen-bond acceptors (Lipinski definition) is 4. The molecule has 4 heteroatoms. The first-order valence-corrected chi connectivity index (χ1v) is 11.5. The summed E-state index contributed by atoms with van der Waals surface area (Å²) in [5.74, 6) is 0.998. The number of carboxylic acids is 1. The molecule has 8 atom stereocenters. The Labute approximate surface area is 168 Å². The summed E-state index contributed by atoms with van der Waals surface area (Å²) < 4.78 is 0. The topological polar surface area (TPSA) is 74.3 Å². The van der Waals surface area contributed by atoms with Crippen LogP contribution in [0.25, 0.3) is 0 Å². The van der Waals surface area contributed by atoms with E-state index in [0.29, 0.717) is 36.7 Å². The Balaban J connectivity index is 1.63. The lowest BCUT2D eigenvalue weighted by Gasteiger charge is -2.59. The van der Waals surface area contributed by atoms with Gasteiger partial charge in [0.15, 0.2) is 0 Å². The Kier molecular flexibility index (Phi) is 4.99. The fourth-order valence-corrected chi connectivity index (χ4v) is 8.17. The van der Waals surface area contributed by atoms with Gasteiger partial charge in [0.05, 0.1) is 0 Å². The summed E-state index contributed by atoms with van der Waals surface area (Å²) >= 11 is 0. The van der Waals surface area contributed by atoms with Crippen LogP contribution in [-0.2, 0) is 14.4 Å². The molecular weight excluding hydrogens is 352 g/mol. The van der Waals surface area contributed by atoms with Crippen LogP contribution in [0.15, 0.2) is 0 Å². The summed E-state index contributed by atoms with van der Waals surface area (Å²) in [6.45, 7) is 6.56. The molecule has 4 aliphatic rings. The first-order valence-electron chi connectivity index (χ1n) is 11.5. The van der Waals surface area contributed by atoms with E-state index in [1.807, 2.05) is 0 Å². The third-order valence-corrected chi connectivity index (χ3v) is 9.81. The van der Waals surface area contributed by atoms with Gasteiger partial charge in [0, 0.05) is 30.1 Å². The number of carboxylic acid groups (broad SMARTS) is 1. The second kappa shape index (κ2) is 6.95. The highest BCUT2D eigenvalue weighted by Gasteiger charge is 2.65. The summed E-state index contributed by atoms with van der Waals surface area (Å²) in [4.78, 5) is 37.8. The van der Waals surface area contributed by atoms with Crippen LogP contribution in [0.1, 0.15) is 85.0 Å². The van der Waals surface area contributed by atoms with E-state index in [4.69, 9.17) is 0 Å². The Morgan fingerprint density at radius 2 is 1.86 bits per heavy atom. The van der Waals surface area contributed by atoms with Gasteiger partial charge in [-0.15, -0.1) is 0 Å². The number of Topliss-reactive ketones (excluding diaryl/α,β-unsaturated/α-hetero) is 2. The van der Waals surface area contributed by atoms with E-state index in [-0.39, 0.29) is 41.4 Å². The van der Waals surface area contributed by atoms with E-state index in [0.717, 1.165) is 25.7 Å². The Morgan fingerprint density at radius 1 is 1.11 bits per heavy atom. The minimum Gasteiger partial charge on any atom is -0.550 e. The highest BCUT2D eigenvalue weighted by atomic mass is 16.4. The van der Waals surface area contributed by atoms with Gasteiger partial charge in [0.2, 0.25) is 0 Å². The quantitative estimate of drug-likeness (QED) is 0.739. The summed E-state index contributed by atoms with van der Waals surface area (Å²) in [7, 11) is 0. The van der Waals surface area contributed by atoms with Crippen molar-refractivity contribution in [1.29, 1.82) is 0 Å². The van der Waals surface area contributed by atoms with Gasteiger partial charge in [-0.25, -0.2) is 0 Å². The molecule has 0 bridgehead atoms. The predicted molar refractivity (Wildman–Crippen MR) is 104 cm³/mol. The molecule has 28 heavy (non-hydrogen) atoms. The van der Waals surface area contributed by atoms with Crippen molar-refractivity contribution in [3.63, 3.8) is 0 Å². The van der Waals surface area contributed by atoms with E-state index in [2.05, 4.69) is 20.8 Å². The van der Waals surface area contributed by atoms with Crippen molar-refractivity contribution < 1.29 is 19.5 Å². The zero-order valence-electron chi connectivity index (χ0n) is 17.7. The van der Waals surface area contributed by atoms with Gasteiger partial charge in [0.1, 0.15) is 11.6 Å². The standard InChI is InChI=1S/C24H36O4/c1-14(7-10-21(27)28)16-8-9-17-22-18(13-20(26)24(16,17)3)23(2)11-5-4-6-15(23)12-19(22)25/h14-18,22H,4-13H2,1-3H3,(H,27,28)/p-1/t14-,15-,16+,17-,18+,22+,23-,24+/m0/s1. The molecule has 156 valence electrons. The lowest BCUT2D eigenvalue weighted by Crippen LogP contribution is -2.59. The smallest absolute Gasteiger partial charge is 0.139 e. The molecular formula is C24H35O4-. The molecule has 0 aromatic heterocycles. The molecule has 0 heterocycles. The maximum absolute atomic E-state index is 13.6. The van der Waals surface area contributed by atoms with Gasteiger partial charge >= 0.3 is 0 Å². The van der Waals surface area contributed by atoms with Crippen LogP contribution in [0.4, 0.5) is 0 Å². The third kappa shape index (κ3) is 2.81. The van der Waals surface area contributed by atoms with Gasteiger partial charge in [-0.05, 0) is 73.5 Å². The second-order valence-electron chi connectivity index (χ2n) is 10.8. The minimum atomic E-state index is -1.01. The Bertz CT molecular complexity index is 684. The zero-order chi connectivity index (χ0) is 20.3. The number of fused-ring (bicyclic) bond motifs is 5. The van der Waals surface area contributed by atoms with E-state index in [1.54, 1.807) is 0 Å². The number of rotatable bonds is 4. The van der Waals surface area contributed by atoms with Gasteiger partial charge in [0.25, 0.3) is 0 Å². The van der Waals surface area contributed by atoms with Crippen LogP contribution in [0, 0.1) is 46.3 Å². The van der Waals surface area contributed by atoms with Crippen LogP contribution in [0.2, 0.25) is 0 Å². The van der Waals surface area contributed by atoms with Crippen LogP contribution >= 0.6 is 0 Å². The lowest BCUT2D eigenvalue weighted by atomic mass is 9.44. The molecule has 0 aromatic rings. The first-order chi connectivity index (χ1) is 13.2. The van der Waals surface area contributed by atoms with E-state index < -0.39 is 11.4 Å². The van der Waals surface area contributed by atoms with Crippen LogP contribution in [0.3, 0.4) is 0 Å². The molecule has 0 radical (unpaired) electrons. The highest BCUT2D eigenvalue weighted by molar-refractivity contribution is 5.92. The van der Waals surface area contributed by atoms with Crippen molar-refractivity contribution >= 4 is 17.5 Å². The first kappa shape index (κ1) is 20.1. The Morgan fingerprint density at radius 3 is 2.57 bits per heavy atom. The summed E-state index contributed by atoms with van der Waals surface area (Å²) in [6, 6.07) is 0. The molecule has 4 rings (SSSR count). The van der Waals surface area contributed by atoms with Crippen molar-refractivity contribution in [3.05, 3.63) is 0 Å². The maximum Gasteiger partial charge on any atom is 0.139 e. The van der Waals surface area contributed by atoms with Crippen LogP contribution in [-0.4, -0.2) is 17.5 Å². The van der Waals surface area contributed by atoms with Crippen molar-refractivity contribution in [1.82, 2.24) is 0 Å². The van der Waals surface area contributed by atoms with Gasteiger partial charge in [-0.1, -0.05) is 33.6 Å². The fraction of sp³-hybridized carbons (Fsp3) is 0.875. The molecule has 0 spiro atoms. The minimum absolute atomic E-state index is 0.0420. The van der Waals surface area contributed by atoms with Gasteiger partial charge < -0.3 is 9.90 Å². The maximum atomic E-state index is 13.6. The SMILES string of the molecule is C[C@@H](CCC(=O)[O-])[C@H]1CC[C@H]2[C@H]3C(=O)C[C@@H]4CCCC[C@]4(C)[C@@H]3CC(=O)[C@]12C. The van der Waals surface area contributed by atoms with Crippen molar-refractivity contribution in [3.8, 4) is 0 Å². The second-order valence-corrected chi connectivity index (χ2v) is 10.8. The number of carbonyl (C=O) groups excluding carboxylic acids is 3. The molecule has 4 aliphatic carbocycles. The van der Waals surface area contributed by atoms with Crippen molar-refractivity contribution in [2.24, 2.45) is 46.3 Å². The molecule has 0 amide bonds. The average molecular weight is 388 g/mol. The number of carbonyl (C=O) groups is 3. The van der Waals surface area contributed by atoms with Crippen LogP contribution in [0.5, 0.6) is 0 Å². The van der Waals surface area contributed by atoms with Crippen LogP contribution < -0.4 is 5.11 Å². The lowest BCUT2D eigenvalue weighted by molar-refractivity contribution is -0.306. The predicted octanol–water partition coefficient (Wildman–Crippen LogP) is 3.56. The molecule has 4 fully saturated rings. The molecule has 4 saturated carbocycles. The normalized spacial score (nSPS) is 46.5. The molecule has 0 N–H and O–H groups in total. The Hall–Kier alpha value is -1.19. The van der Waals surface area contributed by atoms with E-state index in [9.17, 15) is 19.5 Å². The van der Waals surface area contributed by atoms with E-state index in [1.165, 1.54) is 12.8 Å². The van der Waals surface area contributed by atoms with Gasteiger partial charge in [-0.2, -0.15) is 0 Å². The molecule has 0 unspecified atom stereocenters. The molecule has 0 aliphatic heterocycles. The summed E-state index contributed by atoms with van der Waals surface area (Å²) in [6.07, 6.45) is 8.51. The van der Waals surface area contributed by atoms with Crippen molar-refractivity contribution in [2.45, 2.75) is 85.0 Å². The summed E-state index contributed by atoms with van der Waals surface area (Å²) in [5, 5.41) is 10.9. The molecule has 0 aromatic carbocycles. The zero-order valence-corrected chi connectivity index (χ0v) is 17.7. The largest absolute Gasteiger partial charge is 0.550 e.